The Kier molecular flexibility index (Phi) is 8.05. The number of rotatable bonds is 7. The van der Waals surface area contributed by atoms with Crippen LogP contribution in [0.25, 0.3) is 0 Å². The molecule has 1 aromatic carbocycles. The molecule has 0 saturated carbocycles. The van der Waals surface area contributed by atoms with Crippen LogP contribution in [0.15, 0.2) is 30.3 Å². The van der Waals surface area contributed by atoms with Crippen LogP contribution in [0.1, 0.15) is 26.3 Å². The van der Waals surface area contributed by atoms with E-state index >= 15 is 0 Å². The van der Waals surface area contributed by atoms with Crippen LogP contribution in [0.4, 0.5) is 9.59 Å². The Morgan fingerprint density at radius 1 is 1.12 bits per heavy atom. The third-order valence-corrected chi connectivity index (χ3v) is 2.94. The van der Waals surface area contributed by atoms with Gasteiger partial charge >= 0.3 is 12.1 Å². The monoisotopic (exact) mass is 337 g/mol. The lowest BCUT2D eigenvalue weighted by molar-refractivity contribution is 0.0528. The summed E-state index contributed by atoms with van der Waals surface area (Å²) in [6, 6.07) is 9.24. The molecule has 7 nitrogen and oxygen atoms in total. The smallest absolute Gasteiger partial charge is 0.407 e. The predicted molar refractivity (Wildman–Crippen MR) is 91.6 cm³/mol. The van der Waals surface area contributed by atoms with Crippen molar-refractivity contribution < 1.29 is 19.4 Å². The number of nitrogens with one attached hydrogen (secondary N) is 2. The molecule has 3 N–H and O–H groups in total. The first-order valence-corrected chi connectivity index (χ1v) is 7.96. The highest BCUT2D eigenvalue weighted by Gasteiger charge is 2.16. The van der Waals surface area contributed by atoms with E-state index in [0.29, 0.717) is 6.54 Å². The summed E-state index contributed by atoms with van der Waals surface area (Å²) < 4.78 is 5.10. The molecule has 0 fully saturated rings. The number of alkyl carbamates (subject to hydrolysis) is 1. The van der Waals surface area contributed by atoms with Crippen LogP contribution >= 0.6 is 0 Å². The van der Waals surface area contributed by atoms with Gasteiger partial charge in [-0.1, -0.05) is 30.3 Å². The minimum absolute atomic E-state index is 0.115. The van der Waals surface area contributed by atoms with Gasteiger partial charge in [0.15, 0.2) is 0 Å². The molecule has 0 saturated heterocycles. The van der Waals surface area contributed by atoms with E-state index in [-0.39, 0.29) is 32.3 Å². The molecule has 0 radical (unpaired) electrons. The molecule has 1 rings (SSSR count). The van der Waals surface area contributed by atoms with E-state index in [9.17, 15) is 9.59 Å². The molecular weight excluding hydrogens is 310 g/mol. The lowest BCUT2D eigenvalue weighted by atomic mass is 10.2. The van der Waals surface area contributed by atoms with E-state index < -0.39 is 11.7 Å². The fourth-order valence-corrected chi connectivity index (χ4v) is 1.94. The summed E-state index contributed by atoms with van der Waals surface area (Å²) in [5, 5.41) is 14.4. The van der Waals surface area contributed by atoms with Gasteiger partial charge in [-0.05, 0) is 26.3 Å². The maximum Gasteiger partial charge on any atom is 0.407 e. The minimum atomic E-state index is -0.555. The number of nitrogens with zero attached hydrogens (tertiary/aromatic N) is 1. The summed E-state index contributed by atoms with van der Waals surface area (Å²) in [4.78, 5) is 25.2. The summed E-state index contributed by atoms with van der Waals surface area (Å²) in [7, 11) is 0. The first kappa shape index (κ1) is 19.8. The van der Waals surface area contributed by atoms with Crippen LogP contribution in [0.5, 0.6) is 0 Å². The second kappa shape index (κ2) is 9.77. The fraction of sp³-hybridized carbons (Fsp3) is 0.529. The second-order valence-electron chi connectivity index (χ2n) is 6.29. The van der Waals surface area contributed by atoms with E-state index in [0.717, 1.165) is 5.56 Å². The molecule has 3 amide bonds. The van der Waals surface area contributed by atoms with Crippen molar-refractivity contribution in [3.8, 4) is 0 Å². The van der Waals surface area contributed by atoms with Crippen molar-refractivity contribution in [2.45, 2.75) is 32.9 Å². The van der Waals surface area contributed by atoms with Gasteiger partial charge in [-0.2, -0.15) is 0 Å². The van der Waals surface area contributed by atoms with Crippen molar-refractivity contribution in [2.75, 3.05) is 26.2 Å². The Bertz CT molecular complexity index is 514. The maximum atomic E-state index is 12.2. The van der Waals surface area contributed by atoms with Gasteiger partial charge in [0, 0.05) is 26.2 Å². The van der Waals surface area contributed by atoms with E-state index in [4.69, 9.17) is 9.84 Å². The van der Waals surface area contributed by atoms with Gasteiger partial charge in [0.05, 0.1) is 6.61 Å². The molecule has 7 heteroatoms. The summed E-state index contributed by atoms with van der Waals surface area (Å²) in [6.07, 6.45) is -0.520. The predicted octanol–water partition coefficient (Wildman–Crippen LogP) is 1.72. The van der Waals surface area contributed by atoms with Crippen LogP contribution in [0.3, 0.4) is 0 Å². The Morgan fingerprint density at radius 3 is 2.33 bits per heavy atom. The number of hydrogen-bond donors (Lipinski definition) is 3. The number of amides is 3. The zero-order valence-electron chi connectivity index (χ0n) is 14.5. The summed E-state index contributed by atoms with van der Waals surface area (Å²) in [5.41, 5.74) is 0.425. The number of urea groups is 1. The number of hydrogen-bond acceptors (Lipinski definition) is 4. The average molecular weight is 337 g/mol. The van der Waals surface area contributed by atoms with Crippen molar-refractivity contribution in [2.24, 2.45) is 0 Å². The first-order chi connectivity index (χ1) is 11.3. The molecule has 1 aromatic rings. The molecule has 0 heterocycles. The van der Waals surface area contributed by atoms with Gasteiger partial charge in [-0.25, -0.2) is 9.59 Å². The topological polar surface area (TPSA) is 90.9 Å². The van der Waals surface area contributed by atoms with Crippen LogP contribution in [0, 0.1) is 0 Å². The highest BCUT2D eigenvalue weighted by atomic mass is 16.6. The zero-order chi connectivity index (χ0) is 18.0. The summed E-state index contributed by atoms with van der Waals surface area (Å²) in [6.45, 7) is 6.41. The quantitative estimate of drug-likeness (QED) is 0.661. The molecule has 0 aliphatic heterocycles. The van der Waals surface area contributed by atoms with Crippen LogP contribution < -0.4 is 10.6 Å². The van der Waals surface area contributed by atoms with E-state index in [1.807, 2.05) is 30.3 Å². The lowest BCUT2D eigenvalue weighted by Gasteiger charge is -2.23. The minimum Gasteiger partial charge on any atom is -0.444 e. The molecule has 134 valence electrons. The van der Waals surface area contributed by atoms with E-state index in [2.05, 4.69) is 10.6 Å². The molecule has 0 spiro atoms. The van der Waals surface area contributed by atoms with Crippen molar-refractivity contribution in [1.82, 2.24) is 15.5 Å². The highest BCUT2D eigenvalue weighted by molar-refractivity contribution is 5.74. The maximum absolute atomic E-state index is 12.2. The van der Waals surface area contributed by atoms with Gasteiger partial charge in [-0.3, -0.25) is 0 Å². The number of ether oxygens (including phenoxy) is 1. The van der Waals surface area contributed by atoms with Crippen molar-refractivity contribution in [1.29, 1.82) is 0 Å². The van der Waals surface area contributed by atoms with Crippen LogP contribution in [-0.4, -0.2) is 54.0 Å². The van der Waals surface area contributed by atoms with E-state index in [1.54, 1.807) is 20.8 Å². The Labute approximate surface area is 143 Å². The molecule has 0 aliphatic carbocycles. The lowest BCUT2D eigenvalue weighted by Crippen LogP contribution is -2.44. The normalized spacial score (nSPS) is 10.8. The summed E-state index contributed by atoms with van der Waals surface area (Å²) >= 11 is 0. The van der Waals surface area contributed by atoms with Gasteiger partial charge in [0.2, 0.25) is 0 Å². The molecule has 0 bridgehead atoms. The van der Waals surface area contributed by atoms with Gasteiger partial charge < -0.3 is 25.4 Å². The van der Waals surface area contributed by atoms with Gasteiger partial charge in [-0.15, -0.1) is 0 Å². The average Bonchev–Trinajstić information content (AvgIpc) is 2.50. The third-order valence-electron chi connectivity index (χ3n) is 2.94. The Morgan fingerprint density at radius 2 is 1.75 bits per heavy atom. The SMILES string of the molecule is CC(C)(C)OC(=O)NCCNC(=O)N(CCO)Cc1ccccc1. The van der Waals surface area contributed by atoms with Gasteiger partial charge in [0.25, 0.3) is 0 Å². The van der Waals surface area contributed by atoms with Crippen LogP contribution in [0.2, 0.25) is 0 Å². The molecule has 0 unspecified atom stereocenters. The number of aliphatic hydroxyl groups excluding tert-OH is 1. The molecule has 0 aliphatic rings. The van der Waals surface area contributed by atoms with Gasteiger partial charge in [0.1, 0.15) is 5.60 Å². The van der Waals surface area contributed by atoms with Crippen molar-refractivity contribution in [3.05, 3.63) is 35.9 Å². The molecule has 0 atom stereocenters. The third kappa shape index (κ3) is 8.38. The number of benzene rings is 1. The van der Waals surface area contributed by atoms with E-state index in [1.165, 1.54) is 4.90 Å². The first-order valence-electron chi connectivity index (χ1n) is 7.96. The van der Waals surface area contributed by atoms with Crippen molar-refractivity contribution >= 4 is 12.1 Å². The highest BCUT2D eigenvalue weighted by Crippen LogP contribution is 2.06. The second-order valence-corrected chi connectivity index (χ2v) is 6.29. The zero-order valence-corrected chi connectivity index (χ0v) is 14.5. The van der Waals surface area contributed by atoms with Crippen molar-refractivity contribution in [3.63, 3.8) is 0 Å². The fourth-order valence-electron chi connectivity index (χ4n) is 1.94. The number of carbonyl (C=O) groups excluding carboxylic acids is 2. The number of aliphatic hydroxyl groups is 1. The molecular formula is C17H27N3O4. The number of carbonyl (C=O) groups is 2. The Hall–Kier alpha value is -2.28. The molecule has 24 heavy (non-hydrogen) atoms. The standard InChI is InChI=1S/C17H27N3O4/c1-17(2,3)24-16(23)19-10-9-18-15(22)20(11-12-21)13-14-7-5-4-6-8-14/h4-8,21H,9-13H2,1-3H3,(H,18,22)(H,19,23). The van der Waals surface area contributed by atoms with Crippen LogP contribution in [-0.2, 0) is 11.3 Å². The summed E-state index contributed by atoms with van der Waals surface area (Å²) in [5.74, 6) is 0. The largest absolute Gasteiger partial charge is 0.444 e. The molecule has 0 aromatic heterocycles. The Balaban J connectivity index is 2.36.